The summed E-state index contributed by atoms with van der Waals surface area (Å²) in [6.07, 6.45) is 1.93. The number of nitrogens with one attached hydrogen (secondary N) is 2. The second-order valence-corrected chi connectivity index (χ2v) is 4.09. The van der Waals surface area contributed by atoms with Crippen LogP contribution in [0.3, 0.4) is 0 Å². The number of amides is 1. The normalized spacial score (nSPS) is 15.2. The van der Waals surface area contributed by atoms with Crippen molar-refractivity contribution in [2.45, 2.75) is 25.0 Å². The van der Waals surface area contributed by atoms with Crippen LogP contribution in [-0.2, 0) is 9.47 Å². The van der Waals surface area contributed by atoms with E-state index in [1.807, 2.05) is 6.07 Å². The second kappa shape index (κ2) is 5.29. The number of ether oxygens (including phenoxy) is 2. The van der Waals surface area contributed by atoms with Gasteiger partial charge < -0.3 is 14.8 Å². The highest BCUT2D eigenvalue weighted by molar-refractivity contribution is 5.92. The first-order valence-corrected chi connectivity index (χ1v) is 5.63. The number of methoxy groups -OCH3 is 2. The Hall–Kier alpha value is -1.40. The highest BCUT2D eigenvalue weighted by Gasteiger charge is 2.26. The predicted molar refractivity (Wildman–Crippen MR) is 60.7 cm³/mol. The van der Waals surface area contributed by atoms with Crippen molar-refractivity contribution in [2.75, 3.05) is 20.8 Å². The van der Waals surface area contributed by atoms with Gasteiger partial charge in [0, 0.05) is 25.8 Å². The molecule has 1 fully saturated rings. The average molecular weight is 239 g/mol. The van der Waals surface area contributed by atoms with Crippen LogP contribution in [0.5, 0.6) is 0 Å². The maximum absolute atomic E-state index is 11.7. The van der Waals surface area contributed by atoms with Gasteiger partial charge in [0.05, 0.1) is 6.54 Å². The Balaban J connectivity index is 1.85. The molecular formula is C11H17N3O3. The summed E-state index contributed by atoms with van der Waals surface area (Å²) in [5.74, 6) is 0.349. The molecule has 0 radical (unpaired) electrons. The van der Waals surface area contributed by atoms with E-state index in [1.54, 1.807) is 0 Å². The van der Waals surface area contributed by atoms with Crippen molar-refractivity contribution >= 4 is 5.91 Å². The van der Waals surface area contributed by atoms with Gasteiger partial charge in [-0.05, 0) is 18.9 Å². The van der Waals surface area contributed by atoms with Gasteiger partial charge >= 0.3 is 0 Å². The molecule has 1 heterocycles. The van der Waals surface area contributed by atoms with E-state index >= 15 is 0 Å². The molecule has 17 heavy (non-hydrogen) atoms. The van der Waals surface area contributed by atoms with Gasteiger partial charge in [0.1, 0.15) is 5.69 Å². The SMILES string of the molecule is COC(CNC(=O)c1cc(C2CC2)[nH]n1)OC. The van der Waals surface area contributed by atoms with Crippen LogP contribution in [0.1, 0.15) is 34.9 Å². The van der Waals surface area contributed by atoms with Crippen molar-refractivity contribution in [3.8, 4) is 0 Å². The Morgan fingerprint density at radius 1 is 1.59 bits per heavy atom. The molecule has 6 nitrogen and oxygen atoms in total. The molecule has 0 aromatic carbocycles. The van der Waals surface area contributed by atoms with Crippen LogP contribution in [0.4, 0.5) is 0 Å². The number of aromatic amines is 1. The van der Waals surface area contributed by atoms with Crippen molar-refractivity contribution in [3.63, 3.8) is 0 Å². The van der Waals surface area contributed by atoms with E-state index in [9.17, 15) is 4.79 Å². The lowest BCUT2D eigenvalue weighted by molar-refractivity contribution is -0.0974. The van der Waals surface area contributed by atoms with Crippen molar-refractivity contribution < 1.29 is 14.3 Å². The van der Waals surface area contributed by atoms with Crippen LogP contribution in [0.25, 0.3) is 0 Å². The summed E-state index contributed by atoms with van der Waals surface area (Å²) in [5, 5.41) is 9.58. The Bertz CT molecular complexity index is 383. The van der Waals surface area contributed by atoms with E-state index in [1.165, 1.54) is 27.1 Å². The topological polar surface area (TPSA) is 76.2 Å². The quantitative estimate of drug-likeness (QED) is 0.714. The third-order valence-electron chi connectivity index (χ3n) is 2.80. The first kappa shape index (κ1) is 12.1. The molecule has 1 aliphatic carbocycles. The largest absolute Gasteiger partial charge is 0.354 e. The van der Waals surface area contributed by atoms with Crippen LogP contribution in [0.15, 0.2) is 6.07 Å². The van der Waals surface area contributed by atoms with Crippen LogP contribution in [-0.4, -0.2) is 43.2 Å². The Kier molecular flexibility index (Phi) is 3.75. The maximum Gasteiger partial charge on any atom is 0.271 e. The van der Waals surface area contributed by atoms with Crippen LogP contribution >= 0.6 is 0 Å². The number of hydrogen-bond acceptors (Lipinski definition) is 4. The minimum absolute atomic E-state index is 0.216. The van der Waals surface area contributed by atoms with Crippen molar-refractivity contribution in [3.05, 3.63) is 17.5 Å². The van der Waals surface area contributed by atoms with Crippen LogP contribution in [0, 0.1) is 0 Å². The van der Waals surface area contributed by atoms with Crippen molar-refractivity contribution in [1.29, 1.82) is 0 Å². The molecule has 2 rings (SSSR count). The highest BCUT2D eigenvalue weighted by atomic mass is 16.7. The third kappa shape index (κ3) is 3.04. The molecule has 0 bridgehead atoms. The molecular weight excluding hydrogens is 222 g/mol. The molecule has 2 N–H and O–H groups in total. The van der Waals surface area contributed by atoms with Gasteiger partial charge in [-0.1, -0.05) is 0 Å². The average Bonchev–Trinajstić information content (AvgIpc) is 3.08. The number of nitrogens with zero attached hydrogens (tertiary/aromatic N) is 1. The summed E-state index contributed by atoms with van der Waals surface area (Å²) in [5.41, 5.74) is 1.46. The zero-order valence-corrected chi connectivity index (χ0v) is 10.0. The fourth-order valence-electron chi connectivity index (χ4n) is 1.59. The fourth-order valence-corrected chi connectivity index (χ4v) is 1.59. The molecule has 6 heteroatoms. The van der Waals surface area contributed by atoms with Crippen LogP contribution in [0.2, 0.25) is 0 Å². The molecule has 0 saturated heterocycles. The fraction of sp³-hybridized carbons (Fsp3) is 0.636. The van der Waals surface area contributed by atoms with Crippen molar-refractivity contribution in [2.24, 2.45) is 0 Å². The minimum atomic E-state index is -0.430. The molecule has 0 spiro atoms. The molecule has 94 valence electrons. The Labute approximate surface area is 99.7 Å². The molecule has 1 aromatic rings. The summed E-state index contributed by atoms with van der Waals surface area (Å²) >= 11 is 0. The minimum Gasteiger partial charge on any atom is -0.354 e. The standard InChI is InChI=1S/C11H17N3O3/c1-16-10(17-2)6-12-11(15)9-5-8(13-14-9)7-3-4-7/h5,7,10H,3-4,6H2,1-2H3,(H,12,15)(H,13,14). The summed E-state index contributed by atoms with van der Waals surface area (Å²) < 4.78 is 9.95. The van der Waals surface area contributed by atoms with E-state index in [2.05, 4.69) is 15.5 Å². The molecule has 1 amide bonds. The monoisotopic (exact) mass is 239 g/mol. The number of carbonyl (C=O) groups is 1. The summed E-state index contributed by atoms with van der Waals surface area (Å²) in [7, 11) is 3.06. The number of aromatic nitrogens is 2. The third-order valence-corrected chi connectivity index (χ3v) is 2.80. The first-order valence-electron chi connectivity index (χ1n) is 5.63. The lowest BCUT2D eigenvalue weighted by Gasteiger charge is -2.13. The van der Waals surface area contributed by atoms with E-state index in [0.29, 0.717) is 18.2 Å². The molecule has 0 unspecified atom stereocenters. The molecule has 0 atom stereocenters. The smallest absolute Gasteiger partial charge is 0.271 e. The van der Waals surface area contributed by atoms with E-state index in [-0.39, 0.29) is 5.91 Å². The van der Waals surface area contributed by atoms with Gasteiger partial charge in [-0.15, -0.1) is 0 Å². The van der Waals surface area contributed by atoms with E-state index < -0.39 is 6.29 Å². The number of H-pyrrole nitrogens is 1. The lowest BCUT2D eigenvalue weighted by atomic mass is 10.2. The number of hydrogen-bond donors (Lipinski definition) is 2. The summed E-state index contributed by atoms with van der Waals surface area (Å²) in [6.45, 7) is 0.303. The predicted octanol–water partition coefficient (Wildman–Crippen LogP) is 0.636. The summed E-state index contributed by atoms with van der Waals surface area (Å²) in [6, 6.07) is 1.81. The molecule has 1 aromatic heterocycles. The zero-order valence-electron chi connectivity index (χ0n) is 10.0. The van der Waals surface area contributed by atoms with Gasteiger partial charge in [0.25, 0.3) is 5.91 Å². The Morgan fingerprint density at radius 2 is 2.29 bits per heavy atom. The van der Waals surface area contributed by atoms with Crippen LogP contribution < -0.4 is 5.32 Å². The van der Waals surface area contributed by atoms with Gasteiger partial charge in [-0.2, -0.15) is 5.10 Å². The van der Waals surface area contributed by atoms with Crippen molar-refractivity contribution in [1.82, 2.24) is 15.5 Å². The maximum atomic E-state index is 11.7. The Morgan fingerprint density at radius 3 is 2.88 bits per heavy atom. The molecule has 1 aliphatic rings. The van der Waals surface area contributed by atoms with E-state index in [0.717, 1.165) is 5.69 Å². The first-order chi connectivity index (χ1) is 8.24. The van der Waals surface area contributed by atoms with Gasteiger partial charge in [0.2, 0.25) is 0 Å². The van der Waals surface area contributed by atoms with Gasteiger partial charge in [0.15, 0.2) is 6.29 Å². The summed E-state index contributed by atoms with van der Waals surface area (Å²) in [4.78, 5) is 11.7. The second-order valence-electron chi connectivity index (χ2n) is 4.09. The molecule has 0 aliphatic heterocycles. The number of carbonyl (C=O) groups excluding carboxylic acids is 1. The highest BCUT2D eigenvalue weighted by Crippen LogP contribution is 2.38. The zero-order chi connectivity index (χ0) is 12.3. The molecule has 1 saturated carbocycles. The number of rotatable bonds is 6. The van der Waals surface area contributed by atoms with Gasteiger partial charge in [-0.25, -0.2) is 0 Å². The van der Waals surface area contributed by atoms with E-state index in [4.69, 9.17) is 9.47 Å². The van der Waals surface area contributed by atoms with Gasteiger partial charge in [-0.3, -0.25) is 9.89 Å². The lowest BCUT2D eigenvalue weighted by Crippen LogP contribution is -2.34.